The normalized spacial score (nSPS) is 14.8. The summed E-state index contributed by atoms with van der Waals surface area (Å²) in [6.07, 6.45) is 0. The van der Waals surface area contributed by atoms with Crippen molar-refractivity contribution >= 4 is 11.7 Å². The first-order valence-corrected chi connectivity index (χ1v) is 4.24. The van der Waals surface area contributed by atoms with E-state index in [1.807, 2.05) is 13.0 Å². The van der Waals surface area contributed by atoms with Crippen LogP contribution in [0, 0.1) is 6.92 Å². The zero-order valence-corrected chi connectivity index (χ0v) is 8.24. The Kier molecular flexibility index (Phi) is 2.49. The minimum absolute atomic E-state index is 0.406. The summed E-state index contributed by atoms with van der Waals surface area (Å²) in [5.41, 5.74) is 11.7. The number of rotatable bonds is 2. The maximum Gasteiger partial charge on any atom is 0.328 e. The molecule has 0 bridgehead atoms. The number of carboxylic acids is 1. The van der Waals surface area contributed by atoms with Crippen LogP contribution in [0.15, 0.2) is 18.2 Å². The lowest BCUT2D eigenvalue weighted by Crippen LogP contribution is -2.42. The van der Waals surface area contributed by atoms with Crippen molar-refractivity contribution in [3.05, 3.63) is 29.3 Å². The molecular weight excluding hydrogens is 180 g/mol. The maximum absolute atomic E-state index is 10.9. The molecule has 0 aliphatic carbocycles. The van der Waals surface area contributed by atoms with E-state index < -0.39 is 11.5 Å². The molecular formula is C10H14N2O2. The Morgan fingerprint density at radius 3 is 2.57 bits per heavy atom. The van der Waals surface area contributed by atoms with Crippen molar-refractivity contribution in [1.29, 1.82) is 0 Å². The monoisotopic (exact) mass is 194 g/mol. The summed E-state index contributed by atoms with van der Waals surface area (Å²) in [6.45, 7) is 3.29. The van der Waals surface area contributed by atoms with Crippen molar-refractivity contribution in [2.24, 2.45) is 5.73 Å². The quantitative estimate of drug-likeness (QED) is 0.608. The molecule has 0 aliphatic rings. The molecule has 0 amide bonds. The van der Waals surface area contributed by atoms with Gasteiger partial charge in [0.1, 0.15) is 5.54 Å². The first-order valence-electron chi connectivity index (χ1n) is 4.24. The third-order valence-corrected chi connectivity index (χ3v) is 2.21. The Morgan fingerprint density at radius 2 is 2.07 bits per heavy atom. The average Bonchev–Trinajstić information content (AvgIpc) is 2.08. The number of aryl methyl sites for hydroxylation is 1. The molecule has 4 heteroatoms. The average molecular weight is 194 g/mol. The predicted octanol–water partition coefficient (Wildman–Crippen LogP) is 0.836. The summed E-state index contributed by atoms with van der Waals surface area (Å²) in [5, 5.41) is 8.93. The zero-order chi connectivity index (χ0) is 10.9. The van der Waals surface area contributed by atoms with Gasteiger partial charge in [-0.3, -0.25) is 0 Å². The van der Waals surface area contributed by atoms with Gasteiger partial charge in [-0.1, -0.05) is 17.7 Å². The van der Waals surface area contributed by atoms with Crippen LogP contribution in [-0.2, 0) is 10.3 Å². The third-order valence-electron chi connectivity index (χ3n) is 2.21. The summed E-state index contributed by atoms with van der Waals surface area (Å²) in [7, 11) is 0. The van der Waals surface area contributed by atoms with Gasteiger partial charge in [0.05, 0.1) is 0 Å². The van der Waals surface area contributed by atoms with Crippen LogP contribution in [-0.4, -0.2) is 11.1 Å². The summed E-state index contributed by atoms with van der Waals surface area (Å²) in [6, 6.07) is 5.18. The van der Waals surface area contributed by atoms with Gasteiger partial charge in [0, 0.05) is 11.3 Å². The van der Waals surface area contributed by atoms with Crippen LogP contribution in [0.4, 0.5) is 5.69 Å². The Morgan fingerprint density at radius 1 is 1.50 bits per heavy atom. The Bertz CT molecular complexity index is 372. The van der Waals surface area contributed by atoms with Gasteiger partial charge in [-0.15, -0.1) is 0 Å². The molecule has 1 atom stereocenters. The van der Waals surface area contributed by atoms with E-state index in [0.29, 0.717) is 11.3 Å². The van der Waals surface area contributed by atoms with Crippen molar-refractivity contribution in [3.8, 4) is 0 Å². The van der Waals surface area contributed by atoms with Gasteiger partial charge in [-0.05, 0) is 19.9 Å². The van der Waals surface area contributed by atoms with Crippen molar-refractivity contribution in [2.75, 3.05) is 5.73 Å². The van der Waals surface area contributed by atoms with E-state index >= 15 is 0 Å². The van der Waals surface area contributed by atoms with E-state index in [4.69, 9.17) is 16.6 Å². The SMILES string of the molecule is Cc1ccc(N)c(C(C)(N)C(=O)O)c1. The van der Waals surface area contributed by atoms with Gasteiger partial charge < -0.3 is 16.6 Å². The molecule has 1 rings (SSSR count). The van der Waals surface area contributed by atoms with E-state index in [0.717, 1.165) is 5.56 Å². The highest BCUT2D eigenvalue weighted by Crippen LogP contribution is 2.25. The van der Waals surface area contributed by atoms with Crippen LogP contribution in [0.3, 0.4) is 0 Å². The highest BCUT2D eigenvalue weighted by molar-refractivity contribution is 5.82. The van der Waals surface area contributed by atoms with Crippen molar-refractivity contribution in [3.63, 3.8) is 0 Å². The number of aliphatic carboxylic acids is 1. The molecule has 1 aromatic carbocycles. The Hall–Kier alpha value is -1.55. The number of carbonyl (C=O) groups is 1. The highest BCUT2D eigenvalue weighted by Gasteiger charge is 2.32. The number of carboxylic acid groups (broad SMARTS) is 1. The second kappa shape index (κ2) is 3.31. The fraction of sp³-hybridized carbons (Fsp3) is 0.300. The van der Waals surface area contributed by atoms with E-state index in [-0.39, 0.29) is 0 Å². The molecule has 14 heavy (non-hydrogen) atoms. The van der Waals surface area contributed by atoms with Crippen molar-refractivity contribution in [1.82, 2.24) is 0 Å². The molecule has 0 spiro atoms. The second-order valence-corrected chi connectivity index (χ2v) is 3.60. The highest BCUT2D eigenvalue weighted by atomic mass is 16.4. The van der Waals surface area contributed by atoms with Gasteiger partial charge in [0.25, 0.3) is 0 Å². The van der Waals surface area contributed by atoms with E-state index in [2.05, 4.69) is 0 Å². The first kappa shape index (κ1) is 10.5. The standard InChI is InChI=1S/C10H14N2O2/c1-6-3-4-8(11)7(5-6)10(2,12)9(13)14/h3-5H,11-12H2,1-2H3,(H,13,14). The Balaban J connectivity index is 3.31. The van der Waals surface area contributed by atoms with Crippen LogP contribution in [0.1, 0.15) is 18.1 Å². The molecule has 0 saturated carbocycles. The van der Waals surface area contributed by atoms with Gasteiger partial charge in [-0.2, -0.15) is 0 Å². The number of nitrogens with two attached hydrogens (primary N) is 2. The molecule has 4 nitrogen and oxygen atoms in total. The summed E-state index contributed by atoms with van der Waals surface area (Å²) < 4.78 is 0. The second-order valence-electron chi connectivity index (χ2n) is 3.60. The molecule has 0 aliphatic heterocycles. The maximum atomic E-state index is 10.9. The van der Waals surface area contributed by atoms with Crippen LogP contribution in [0.25, 0.3) is 0 Å². The fourth-order valence-corrected chi connectivity index (χ4v) is 1.24. The van der Waals surface area contributed by atoms with Gasteiger partial charge in [0.15, 0.2) is 0 Å². The van der Waals surface area contributed by atoms with Gasteiger partial charge >= 0.3 is 5.97 Å². The largest absolute Gasteiger partial charge is 0.480 e. The Labute approximate surface area is 82.5 Å². The summed E-state index contributed by atoms with van der Waals surface area (Å²) >= 11 is 0. The molecule has 0 radical (unpaired) electrons. The van der Waals surface area contributed by atoms with Crippen LogP contribution < -0.4 is 11.5 Å². The molecule has 0 saturated heterocycles. The van der Waals surface area contributed by atoms with Crippen molar-refractivity contribution in [2.45, 2.75) is 19.4 Å². The number of benzene rings is 1. The molecule has 0 heterocycles. The molecule has 1 aromatic rings. The number of nitrogen functional groups attached to an aromatic ring is 1. The molecule has 5 N–H and O–H groups in total. The number of hydrogen-bond donors (Lipinski definition) is 3. The summed E-state index contributed by atoms with van der Waals surface area (Å²) in [5.74, 6) is -1.09. The lowest BCUT2D eigenvalue weighted by atomic mass is 9.91. The van der Waals surface area contributed by atoms with Gasteiger partial charge in [-0.25, -0.2) is 4.79 Å². The molecule has 0 aromatic heterocycles. The molecule has 76 valence electrons. The first-order chi connectivity index (χ1) is 6.35. The lowest BCUT2D eigenvalue weighted by molar-refractivity contribution is -0.143. The molecule has 0 fully saturated rings. The van der Waals surface area contributed by atoms with Gasteiger partial charge in [0.2, 0.25) is 0 Å². The topological polar surface area (TPSA) is 89.3 Å². The lowest BCUT2D eigenvalue weighted by Gasteiger charge is -2.21. The van der Waals surface area contributed by atoms with E-state index in [1.165, 1.54) is 6.92 Å². The zero-order valence-electron chi connectivity index (χ0n) is 8.24. The predicted molar refractivity (Wildman–Crippen MR) is 54.8 cm³/mol. The molecule has 1 unspecified atom stereocenters. The van der Waals surface area contributed by atoms with Crippen LogP contribution in [0.5, 0.6) is 0 Å². The summed E-state index contributed by atoms with van der Waals surface area (Å²) in [4.78, 5) is 10.9. The minimum atomic E-state index is -1.43. The van der Waals surface area contributed by atoms with Crippen LogP contribution in [0.2, 0.25) is 0 Å². The van der Waals surface area contributed by atoms with Crippen LogP contribution >= 0.6 is 0 Å². The smallest absolute Gasteiger partial charge is 0.328 e. The third kappa shape index (κ3) is 1.70. The van der Waals surface area contributed by atoms with E-state index in [1.54, 1.807) is 12.1 Å². The number of hydrogen-bond acceptors (Lipinski definition) is 3. The number of anilines is 1. The minimum Gasteiger partial charge on any atom is -0.480 e. The fourth-order valence-electron chi connectivity index (χ4n) is 1.24. The van der Waals surface area contributed by atoms with E-state index in [9.17, 15) is 4.79 Å². The van der Waals surface area contributed by atoms with Crippen molar-refractivity contribution < 1.29 is 9.90 Å².